The number of aryl methyl sites for hydroxylation is 1. The molecule has 0 amide bonds. The number of aromatic nitrogens is 3. The number of ether oxygens (including phenoxy) is 1. The van der Waals surface area contributed by atoms with Gasteiger partial charge in [-0.3, -0.25) is 13.9 Å². The topological polar surface area (TPSA) is 78.4 Å². The monoisotopic (exact) mass is 403 g/mol. The van der Waals surface area contributed by atoms with Crippen LogP contribution in [0.4, 0.5) is 0 Å². The summed E-state index contributed by atoms with van der Waals surface area (Å²) in [4.78, 5) is 26.0. The molecule has 2 aromatic carbocycles. The molecular formula is C23H21N3O4. The number of phenolic OH excluding ortho intramolecular Hbond substituents is 1. The zero-order chi connectivity index (χ0) is 21.0. The highest BCUT2D eigenvalue weighted by molar-refractivity contribution is 5.96. The fourth-order valence-corrected chi connectivity index (χ4v) is 4.42. The smallest absolute Gasteiger partial charge is 0.331 e. The second-order valence-electron chi connectivity index (χ2n) is 7.49. The second-order valence-corrected chi connectivity index (χ2v) is 7.49. The van der Waals surface area contributed by atoms with E-state index in [0.717, 1.165) is 15.8 Å². The molecule has 7 nitrogen and oxygen atoms in total. The Labute approximate surface area is 172 Å². The van der Waals surface area contributed by atoms with Crippen LogP contribution in [0.3, 0.4) is 0 Å². The SMILES string of the molecule is Cn1c(=O)c2c(-c3ccccc3)n3c(c2n(C)c1=O)C(c1ccccc1O)OCC3. The van der Waals surface area contributed by atoms with Crippen molar-refractivity contribution < 1.29 is 9.84 Å². The molecule has 0 bridgehead atoms. The summed E-state index contributed by atoms with van der Waals surface area (Å²) in [5, 5.41) is 11.0. The fraction of sp³-hybridized carbons (Fsp3) is 0.217. The predicted octanol–water partition coefficient (Wildman–Crippen LogP) is 2.53. The van der Waals surface area contributed by atoms with Crippen molar-refractivity contribution in [3.63, 3.8) is 0 Å². The summed E-state index contributed by atoms with van der Waals surface area (Å²) in [7, 11) is 3.16. The van der Waals surface area contributed by atoms with Crippen LogP contribution in [0.5, 0.6) is 5.75 Å². The van der Waals surface area contributed by atoms with Crippen molar-refractivity contribution in [1.82, 2.24) is 13.7 Å². The molecule has 1 N–H and O–H groups in total. The van der Waals surface area contributed by atoms with Crippen LogP contribution in [0.2, 0.25) is 0 Å². The van der Waals surface area contributed by atoms with E-state index in [4.69, 9.17) is 4.74 Å². The molecule has 3 heterocycles. The van der Waals surface area contributed by atoms with E-state index in [2.05, 4.69) is 4.57 Å². The van der Waals surface area contributed by atoms with Crippen LogP contribution in [0, 0.1) is 0 Å². The molecule has 1 aliphatic rings. The zero-order valence-electron chi connectivity index (χ0n) is 16.7. The highest BCUT2D eigenvalue weighted by Crippen LogP contribution is 2.42. The van der Waals surface area contributed by atoms with E-state index in [1.165, 1.54) is 11.6 Å². The van der Waals surface area contributed by atoms with Gasteiger partial charge in [-0.2, -0.15) is 0 Å². The summed E-state index contributed by atoms with van der Waals surface area (Å²) in [5.41, 5.74) is 2.75. The number of benzene rings is 2. The lowest BCUT2D eigenvalue weighted by atomic mass is 10.0. The third-order valence-electron chi connectivity index (χ3n) is 5.82. The molecule has 0 saturated carbocycles. The molecule has 30 heavy (non-hydrogen) atoms. The molecule has 0 spiro atoms. The third kappa shape index (κ3) is 2.48. The average molecular weight is 403 g/mol. The van der Waals surface area contributed by atoms with Gasteiger partial charge in [-0.1, -0.05) is 48.5 Å². The van der Waals surface area contributed by atoms with Crippen LogP contribution in [0.25, 0.3) is 22.2 Å². The van der Waals surface area contributed by atoms with Crippen molar-refractivity contribution >= 4 is 10.9 Å². The summed E-state index contributed by atoms with van der Waals surface area (Å²) in [6.07, 6.45) is -0.599. The molecule has 5 rings (SSSR count). The van der Waals surface area contributed by atoms with E-state index in [9.17, 15) is 14.7 Å². The fourth-order valence-electron chi connectivity index (χ4n) is 4.42. The Morgan fingerprint density at radius 1 is 0.967 bits per heavy atom. The lowest BCUT2D eigenvalue weighted by molar-refractivity contribution is 0.0464. The molecule has 0 radical (unpaired) electrons. The Hall–Kier alpha value is -3.58. The highest BCUT2D eigenvalue weighted by Gasteiger charge is 2.33. The Morgan fingerprint density at radius 3 is 2.40 bits per heavy atom. The van der Waals surface area contributed by atoms with Gasteiger partial charge >= 0.3 is 5.69 Å². The van der Waals surface area contributed by atoms with Gasteiger partial charge in [-0.25, -0.2) is 4.79 Å². The number of rotatable bonds is 2. The Morgan fingerprint density at radius 2 is 1.67 bits per heavy atom. The molecule has 0 aliphatic carbocycles. The Bertz CT molecular complexity index is 1400. The molecule has 4 aromatic rings. The molecule has 7 heteroatoms. The lowest BCUT2D eigenvalue weighted by Crippen LogP contribution is -2.37. The normalized spacial score (nSPS) is 16.0. The quantitative estimate of drug-likeness (QED) is 0.558. The number of aromatic hydroxyl groups is 1. The second kappa shape index (κ2) is 6.74. The van der Waals surface area contributed by atoms with E-state index in [1.54, 1.807) is 25.2 Å². The summed E-state index contributed by atoms with van der Waals surface area (Å²) in [6, 6.07) is 16.7. The minimum absolute atomic E-state index is 0.111. The largest absolute Gasteiger partial charge is 0.508 e. The molecule has 1 atom stereocenters. The maximum atomic E-state index is 13.3. The molecule has 152 valence electrons. The summed E-state index contributed by atoms with van der Waals surface area (Å²) in [5.74, 6) is 0.111. The molecule has 2 aromatic heterocycles. The van der Waals surface area contributed by atoms with Crippen molar-refractivity contribution in [2.24, 2.45) is 14.1 Å². The maximum Gasteiger partial charge on any atom is 0.331 e. The Kier molecular flexibility index (Phi) is 4.15. The average Bonchev–Trinajstić information content (AvgIpc) is 3.13. The minimum Gasteiger partial charge on any atom is -0.508 e. The van der Waals surface area contributed by atoms with Crippen LogP contribution < -0.4 is 11.2 Å². The molecule has 0 fully saturated rings. The number of fused-ring (bicyclic) bond motifs is 3. The summed E-state index contributed by atoms with van der Waals surface area (Å²) < 4.78 is 10.8. The molecule has 1 unspecified atom stereocenters. The Balaban J connectivity index is 1.98. The van der Waals surface area contributed by atoms with E-state index in [0.29, 0.717) is 35.3 Å². The van der Waals surface area contributed by atoms with Crippen molar-refractivity contribution in [3.05, 3.63) is 86.7 Å². The van der Waals surface area contributed by atoms with Gasteiger partial charge in [0.2, 0.25) is 0 Å². The van der Waals surface area contributed by atoms with Gasteiger partial charge in [-0.05, 0) is 11.6 Å². The predicted molar refractivity (Wildman–Crippen MR) is 114 cm³/mol. The summed E-state index contributed by atoms with van der Waals surface area (Å²) >= 11 is 0. The molecule has 1 aliphatic heterocycles. The van der Waals surface area contributed by atoms with E-state index in [1.807, 2.05) is 36.4 Å². The van der Waals surface area contributed by atoms with Crippen LogP contribution in [-0.2, 0) is 25.4 Å². The van der Waals surface area contributed by atoms with Crippen molar-refractivity contribution in [1.29, 1.82) is 0 Å². The first-order valence-corrected chi connectivity index (χ1v) is 9.77. The number of hydrogen-bond acceptors (Lipinski definition) is 4. The number of phenols is 1. The van der Waals surface area contributed by atoms with E-state index in [-0.39, 0.29) is 11.3 Å². The lowest BCUT2D eigenvalue weighted by Gasteiger charge is -2.28. The number of hydrogen-bond donors (Lipinski definition) is 1. The van der Waals surface area contributed by atoms with Gasteiger partial charge in [0, 0.05) is 26.2 Å². The van der Waals surface area contributed by atoms with Gasteiger partial charge in [0.1, 0.15) is 11.9 Å². The summed E-state index contributed by atoms with van der Waals surface area (Å²) in [6.45, 7) is 0.955. The minimum atomic E-state index is -0.599. The number of nitrogens with zero attached hydrogens (tertiary/aromatic N) is 3. The first-order chi connectivity index (χ1) is 14.5. The van der Waals surface area contributed by atoms with Gasteiger partial charge in [0.15, 0.2) is 0 Å². The third-order valence-corrected chi connectivity index (χ3v) is 5.82. The van der Waals surface area contributed by atoms with E-state index >= 15 is 0 Å². The van der Waals surface area contributed by atoms with Crippen LogP contribution in [0.1, 0.15) is 17.4 Å². The zero-order valence-corrected chi connectivity index (χ0v) is 16.7. The van der Waals surface area contributed by atoms with Crippen molar-refractivity contribution in [3.8, 4) is 17.0 Å². The van der Waals surface area contributed by atoms with Crippen LogP contribution >= 0.6 is 0 Å². The van der Waals surface area contributed by atoms with E-state index < -0.39 is 11.8 Å². The molecule has 0 saturated heterocycles. The van der Waals surface area contributed by atoms with Crippen LogP contribution in [0.15, 0.2) is 64.2 Å². The van der Waals surface area contributed by atoms with Gasteiger partial charge < -0.3 is 14.4 Å². The highest BCUT2D eigenvalue weighted by atomic mass is 16.5. The van der Waals surface area contributed by atoms with Crippen molar-refractivity contribution in [2.45, 2.75) is 12.6 Å². The first kappa shape index (κ1) is 18.4. The first-order valence-electron chi connectivity index (χ1n) is 9.77. The van der Waals surface area contributed by atoms with Crippen molar-refractivity contribution in [2.75, 3.05) is 6.61 Å². The molecular weight excluding hydrogens is 382 g/mol. The van der Waals surface area contributed by atoms with Gasteiger partial charge in [0.05, 0.1) is 28.9 Å². The maximum absolute atomic E-state index is 13.3. The van der Waals surface area contributed by atoms with Gasteiger partial charge in [-0.15, -0.1) is 0 Å². The number of para-hydroxylation sites is 1. The standard InChI is InChI=1S/C23H21N3O4/c1-24-19-17(22(28)25(2)23(24)29)18(14-8-4-3-5-9-14)26-12-13-30-21(20(19)26)15-10-6-7-11-16(15)27/h3-11,21,27H,12-13H2,1-2H3. The van der Waals surface area contributed by atoms with Crippen LogP contribution in [-0.4, -0.2) is 25.4 Å². The van der Waals surface area contributed by atoms with Gasteiger partial charge in [0.25, 0.3) is 5.56 Å².